The Morgan fingerprint density at radius 3 is 2.08 bits per heavy atom. The number of carbonyl (C=O) groups is 1. The van der Waals surface area contributed by atoms with Gasteiger partial charge >= 0.3 is 0 Å². The Labute approximate surface area is 147 Å². The molecule has 0 atom stereocenters. The van der Waals surface area contributed by atoms with E-state index in [0.717, 1.165) is 5.56 Å². The van der Waals surface area contributed by atoms with Crippen molar-refractivity contribution in [3.63, 3.8) is 0 Å². The molecule has 2 aromatic rings. The van der Waals surface area contributed by atoms with Crippen LogP contribution in [0.5, 0.6) is 0 Å². The van der Waals surface area contributed by atoms with E-state index in [1.165, 1.54) is 0 Å². The van der Waals surface area contributed by atoms with Gasteiger partial charge in [0.25, 0.3) is 5.91 Å². The van der Waals surface area contributed by atoms with Crippen LogP contribution in [0.3, 0.4) is 0 Å². The zero-order valence-corrected chi connectivity index (χ0v) is 14.7. The first-order valence-electron chi connectivity index (χ1n) is 7.60. The molecule has 0 aliphatic heterocycles. The lowest BCUT2D eigenvalue weighted by molar-refractivity contribution is 0.0958. The summed E-state index contributed by atoms with van der Waals surface area (Å²) in [6, 6.07) is 18.2. The molecule has 0 saturated heterocycles. The Morgan fingerprint density at radius 2 is 1.58 bits per heavy atom. The summed E-state index contributed by atoms with van der Waals surface area (Å²) < 4.78 is 0. The molecule has 0 unspecified atom stereocenters. The fraction of sp³-hybridized carbons (Fsp3) is 0.200. The van der Waals surface area contributed by atoms with Crippen molar-refractivity contribution in [1.29, 1.82) is 5.26 Å². The van der Waals surface area contributed by atoms with Crippen LogP contribution in [0.15, 0.2) is 60.3 Å². The van der Waals surface area contributed by atoms with E-state index >= 15 is 0 Å². The monoisotopic (exact) mass is 338 g/mol. The Hall–Kier alpha value is -2.57. The van der Waals surface area contributed by atoms with Gasteiger partial charge in [0.05, 0.1) is 5.57 Å². The maximum absolute atomic E-state index is 12.5. The average molecular weight is 339 g/mol. The zero-order chi connectivity index (χ0) is 17.7. The number of nitriles is 1. The summed E-state index contributed by atoms with van der Waals surface area (Å²) in [5.41, 5.74) is 1.88. The van der Waals surface area contributed by atoms with Crippen LogP contribution in [0.2, 0.25) is 5.02 Å². The predicted molar refractivity (Wildman–Crippen MR) is 97.3 cm³/mol. The number of allylic oxidation sites excluding steroid dienone is 2. The topological polar surface area (TPSA) is 52.9 Å². The molecule has 0 aliphatic carbocycles. The Bertz CT molecular complexity index is 794. The van der Waals surface area contributed by atoms with Crippen molar-refractivity contribution in [2.75, 3.05) is 0 Å². The standard InChI is InChI=1S/C20H19ClN2O/c1-20(2,3)18(23-19(24)15-7-5-4-6-8-15)17(13-22)14-9-11-16(21)12-10-14/h4-12H,1-3H3,(H,23,24)/b18-17-. The smallest absolute Gasteiger partial charge is 0.255 e. The van der Waals surface area contributed by atoms with Gasteiger partial charge in [0.2, 0.25) is 0 Å². The Balaban J connectivity index is 2.49. The second-order valence-electron chi connectivity index (χ2n) is 6.44. The van der Waals surface area contributed by atoms with Gasteiger partial charge in [0, 0.05) is 21.7 Å². The lowest BCUT2D eigenvalue weighted by Gasteiger charge is -2.25. The molecule has 4 heteroatoms. The minimum atomic E-state index is -0.408. The molecular weight excluding hydrogens is 320 g/mol. The quantitative estimate of drug-likeness (QED) is 0.796. The molecule has 0 saturated carbocycles. The van der Waals surface area contributed by atoms with Gasteiger partial charge in [-0.1, -0.05) is 62.7 Å². The lowest BCUT2D eigenvalue weighted by atomic mass is 9.86. The van der Waals surface area contributed by atoms with Gasteiger partial charge in [-0.2, -0.15) is 5.26 Å². The minimum Gasteiger partial charge on any atom is -0.324 e. The van der Waals surface area contributed by atoms with Gasteiger partial charge in [-0.15, -0.1) is 0 Å². The molecule has 0 aliphatic rings. The van der Waals surface area contributed by atoms with Crippen molar-refractivity contribution in [1.82, 2.24) is 5.32 Å². The normalized spacial score (nSPS) is 12.1. The third kappa shape index (κ3) is 4.24. The first-order valence-corrected chi connectivity index (χ1v) is 7.98. The Morgan fingerprint density at radius 1 is 1.00 bits per heavy atom. The minimum absolute atomic E-state index is 0.234. The number of rotatable bonds is 3. The largest absolute Gasteiger partial charge is 0.324 e. The molecule has 122 valence electrons. The van der Waals surface area contributed by atoms with Gasteiger partial charge in [-0.25, -0.2) is 0 Å². The van der Waals surface area contributed by atoms with Crippen LogP contribution in [0.1, 0.15) is 36.7 Å². The number of nitrogens with one attached hydrogen (secondary N) is 1. The van der Waals surface area contributed by atoms with E-state index in [0.29, 0.717) is 21.9 Å². The zero-order valence-electron chi connectivity index (χ0n) is 13.9. The first kappa shape index (κ1) is 17.8. The molecule has 0 aromatic heterocycles. The van der Waals surface area contributed by atoms with E-state index in [-0.39, 0.29) is 5.91 Å². The second kappa shape index (κ2) is 7.33. The summed E-state index contributed by atoms with van der Waals surface area (Å²) in [5.74, 6) is -0.234. The summed E-state index contributed by atoms with van der Waals surface area (Å²) in [6.45, 7) is 5.88. The number of hydrogen-bond acceptors (Lipinski definition) is 2. The highest BCUT2D eigenvalue weighted by Gasteiger charge is 2.25. The van der Waals surface area contributed by atoms with E-state index in [4.69, 9.17) is 11.6 Å². The van der Waals surface area contributed by atoms with Gasteiger partial charge in [-0.05, 0) is 29.8 Å². The molecule has 0 spiro atoms. The second-order valence-corrected chi connectivity index (χ2v) is 6.88. The molecule has 24 heavy (non-hydrogen) atoms. The summed E-state index contributed by atoms with van der Waals surface area (Å²) >= 11 is 5.92. The van der Waals surface area contributed by atoms with E-state index in [9.17, 15) is 10.1 Å². The van der Waals surface area contributed by atoms with Crippen LogP contribution in [-0.2, 0) is 0 Å². The number of nitrogens with zero attached hydrogens (tertiary/aromatic N) is 1. The molecular formula is C20H19ClN2O. The van der Waals surface area contributed by atoms with Crippen molar-refractivity contribution in [3.05, 3.63) is 76.4 Å². The summed E-state index contributed by atoms with van der Waals surface area (Å²) in [4.78, 5) is 12.5. The van der Waals surface area contributed by atoms with Crippen molar-refractivity contribution in [2.24, 2.45) is 5.41 Å². The molecule has 2 aromatic carbocycles. The first-order chi connectivity index (χ1) is 11.3. The number of carbonyl (C=O) groups excluding carboxylic acids is 1. The van der Waals surface area contributed by atoms with Crippen LogP contribution in [0.25, 0.3) is 5.57 Å². The molecule has 0 fully saturated rings. The van der Waals surface area contributed by atoms with Crippen molar-refractivity contribution in [3.8, 4) is 6.07 Å². The molecule has 0 bridgehead atoms. The summed E-state index contributed by atoms with van der Waals surface area (Å²) in [7, 11) is 0. The molecule has 1 N–H and O–H groups in total. The van der Waals surface area contributed by atoms with Gasteiger partial charge in [-0.3, -0.25) is 4.79 Å². The van der Waals surface area contributed by atoms with E-state index in [1.807, 2.05) is 26.8 Å². The highest BCUT2D eigenvalue weighted by Crippen LogP contribution is 2.31. The number of halogens is 1. The number of benzene rings is 2. The van der Waals surface area contributed by atoms with Crippen molar-refractivity contribution < 1.29 is 4.79 Å². The van der Waals surface area contributed by atoms with Crippen molar-refractivity contribution >= 4 is 23.1 Å². The van der Waals surface area contributed by atoms with Gasteiger partial charge in [0.1, 0.15) is 6.07 Å². The van der Waals surface area contributed by atoms with Crippen LogP contribution in [0, 0.1) is 16.7 Å². The highest BCUT2D eigenvalue weighted by atomic mass is 35.5. The molecule has 3 nitrogen and oxygen atoms in total. The number of amides is 1. The van der Waals surface area contributed by atoms with Crippen LogP contribution in [-0.4, -0.2) is 5.91 Å². The van der Waals surface area contributed by atoms with Crippen LogP contribution >= 0.6 is 11.6 Å². The molecule has 0 heterocycles. The summed E-state index contributed by atoms with van der Waals surface area (Å²) in [6.07, 6.45) is 0. The van der Waals surface area contributed by atoms with Crippen LogP contribution < -0.4 is 5.32 Å². The predicted octanol–water partition coefficient (Wildman–Crippen LogP) is 5.05. The summed E-state index contributed by atoms with van der Waals surface area (Å²) in [5, 5.41) is 13.2. The highest BCUT2D eigenvalue weighted by molar-refractivity contribution is 6.30. The fourth-order valence-electron chi connectivity index (χ4n) is 2.28. The SMILES string of the molecule is CC(C)(C)/C(NC(=O)c1ccccc1)=C(\C#N)c1ccc(Cl)cc1. The fourth-order valence-corrected chi connectivity index (χ4v) is 2.41. The van der Waals surface area contributed by atoms with Crippen molar-refractivity contribution in [2.45, 2.75) is 20.8 Å². The molecule has 2 rings (SSSR count). The average Bonchev–Trinajstić information content (AvgIpc) is 2.56. The van der Waals surface area contributed by atoms with E-state index < -0.39 is 5.41 Å². The maximum atomic E-state index is 12.5. The maximum Gasteiger partial charge on any atom is 0.255 e. The van der Waals surface area contributed by atoms with E-state index in [2.05, 4.69) is 11.4 Å². The number of hydrogen-bond donors (Lipinski definition) is 1. The molecule has 0 radical (unpaired) electrons. The lowest BCUT2D eigenvalue weighted by Crippen LogP contribution is -2.31. The van der Waals surface area contributed by atoms with E-state index in [1.54, 1.807) is 48.5 Å². The third-order valence-corrected chi connectivity index (χ3v) is 3.77. The van der Waals surface area contributed by atoms with Gasteiger partial charge < -0.3 is 5.32 Å². The van der Waals surface area contributed by atoms with Crippen LogP contribution in [0.4, 0.5) is 0 Å². The molecule has 1 amide bonds. The third-order valence-electron chi connectivity index (χ3n) is 3.52. The van der Waals surface area contributed by atoms with Gasteiger partial charge in [0.15, 0.2) is 0 Å². The Kier molecular flexibility index (Phi) is 5.43.